The van der Waals surface area contributed by atoms with E-state index < -0.39 is 6.04 Å². The summed E-state index contributed by atoms with van der Waals surface area (Å²) in [5.74, 6) is -0.0796. The molecule has 0 saturated carbocycles. The Kier molecular flexibility index (Phi) is 5.63. The summed E-state index contributed by atoms with van der Waals surface area (Å²) in [6, 6.07) is 23.1. The van der Waals surface area contributed by atoms with E-state index in [4.69, 9.17) is 0 Å². The predicted molar refractivity (Wildman–Crippen MR) is 132 cm³/mol. The summed E-state index contributed by atoms with van der Waals surface area (Å²) in [7, 11) is 0. The third-order valence-corrected chi connectivity index (χ3v) is 6.80. The lowest BCUT2D eigenvalue weighted by molar-refractivity contribution is -0.132. The Morgan fingerprint density at radius 3 is 2.24 bits per heavy atom. The molecule has 3 aromatic rings. The van der Waals surface area contributed by atoms with E-state index in [0.717, 1.165) is 24.3 Å². The van der Waals surface area contributed by atoms with E-state index in [0.29, 0.717) is 25.1 Å². The van der Waals surface area contributed by atoms with Gasteiger partial charge in [-0.05, 0) is 54.8 Å². The van der Waals surface area contributed by atoms with Crippen LogP contribution >= 0.6 is 0 Å². The van der Waals surface area contributed by atoms with Crippen LogP contribution in [0.5, 0.6) is 0 Å². The van der Waals surface area contributed by atoms with Gasteiger partial charge < -0.3 is 9.80 Å². The van der Waals surface area contributed by atoms with Crippen molar-refractivity contribution in [1.29, 1.82) is 0 Å². The Morgan fingerprint density at radius 1 is 0.788 bits per heavy atom. The minimum atomic E-state index is -0.498. The first kappa shape index (κ1) is 21.3. The molecule has 0 aliphatic carbocycles. The molecule has 2 aliphatic heterocycles. The van der Waals surface area contributed by atoms with Crippen LogP contribution in [-0.4, -0.2) is 48.9 Å². The summed E-state index contributed by atoms with van der Waals surface area (Å²) in [6.07, 6.45) is 0.560. The van der Waals surface area contributed by atoms with Gasteiger partial charge in [-0.3, -0.25) is 14.5 Å². The van der Waals surface area contributed by atoms with Gasteiger partial charge in [0.25, 0.3) is 5.91 Å². The maximum Gasteiger partial charge on any atom is 0.259 e. The fourth-order valence-electron chi connectivity index (χ4n) is 4.99. The molecule has 33 heavy (non-hydrogen) atoms. The molecule has 0 radical (unpaired) electrons. The second-order valence-corrected chi connectivity index (χ2v) is 8.99. The lowest BCUT2D eigenvalue weighted by atomic mass is 10.1. The van der Waals surface area contributed by atoms with Crippen LogP contribution in [0.25, 0.3) is 0 Å². The van der Waals surface area contributed by atoms with Gasteiger partial charge in [0.1, 0.15) is 6.04 Å². The van der Waals surface area contributed by atoms with Crippen LogP contribution in [0.3, 0.4) is 0 Å². The zero-order valence-electron chi connectivity index (χ0n) is 19.2. The number of hydrogen-bond acceptors (Lipinski definition) is 3. The van der Waals surface area contributed by atoms with Crippen molar-refractivity contribution in [3.8, 4) is 0 Å². The fourth-order valence-corrected chi connectivity index (χ4v) is 4.99. The molecule has 3 aromatic carbocycles. The molecule has 1 atom stereocenters. The van der Waals surface area contributed by atoms with Crippen molar-refractivity contribution in [2.45, 2.75) is 26.3 Å². The second-order valence-electron chi connectivity index (χ2n) is 8.99. The van der Waals surface area contributed by atoms with Gasteiger partial charge in [0.15, 0.2) is 0 Å². The van der Waals surface area contributed by atoms with Crippen molar-refractivity contribution in [2.75, 3.05) is 36.0 Å². The molecule has 1 fully saturated rings. The van der Waals surface area contributed by atoms with E-state index in [1.807, 2.05) is 59.5 Å². The number of anilines is 2. The molecule has 168 valence electrons. The normalized spacial score (nSPS) is 17.8. The highest BCUT2D eigenvalue weighted by molar-refractivity contribution is 6.11. The van der Waals surface area contributed by atoms with Crippen LogP contribution in [0.15, 0.2) is 72.8 Å². The molecule has 0 N–H and O–H groups in total. The van der Waals surface area contributed by atoms with Crippen molar-refractivity contribution >= 4 is 23.2 Å². The Hall–Kier alpha value is -3.60. The Morgan fingerprint density at radius 2 is 1.48 bits per heavy atom. The minimum Gasteiger partial charge on any atom is -0.368 e. The zero-order chi connectivity index (χ0) is 22.9. The van der Waals surface area contributed by atoms with E-state index >= 15 is 0 Å². The molecule has 5 nitrogen and oxygen atoms in total. The van der Waals surface area contributed by atoms with E-state index in [9.17, 15) is 9.59 Å². The number of para-hydroxylation sites is 1. The van der Waals surface area contributed by atoms with Gasteiger partial charge in [-0.2, -0.15) is 0 Å². The van der Waals surface area contributed by atoms with Crippen molar-refractivity contribution in [3.05, 3.63) is 95.1 Å². The van der Waals surface area contributed by atoms with Crippen LogP contribution in [0.2, 0.25) is 0 Å². The number of benzene rings is 3. The smallest absolute Gasteiger partial charge is 0.259 e. The summed E-state index contributed by atoms with van der Waals surface area (Å²) in [4.78, 5) is 33.2. The van der Waals surface area contributed by atoms with E-state index in [2.05, 4.69) is 36.9 Å². The molecular weight excluding hydrogens is 410 g/mol. The van der Waals surface area contributed by atoms with Gasteiger partial charge in [0, 0.05) is 49.5 Å². The first-order valence-corrected chi connectivity index (χ1v) is 11.6. The number of amides is 2. The number of piperazine rings is 1. The first-order chi connectivity index (χ1) is 16.0. The quantitative estimate of drug-likeness (QED) is 0.614. The average Bonchev–Trinajstić information content (AvgIpc) is 3.25. The summed E-state index contributed by atoms with van der Waals surface area (Å²) >= 11 is 0. The van der Waals surface area contributed by atoms with Crippen LogP contribution in [0, 0.1) is 13.8 Å². The molecule has 2 aliphatic rings. The third-order valence-electron chi connectivity index (χ3n) is 6.80. The van der Waals surface area contributed by atoms with Gasteiger partial charge in [0.05, 0.1) is 0 Å². The van der Waals surface area contributed by atoms with Crippen LogP contribution in [0.4, 0.5) is 11.4 Å². The maximum absolute atomic E-state index is 13.7. The maximum atomic E-state index is 13.7. The van der Waals surface area contributed by atoms with Crippen molar-refractivity contribution in [3.63, 3.8) is 0 Å². The molecule has 5 heteroatoms. The standard InChI is InChI=1S/C28H29N3O2/c1-20-12-13-21(2)25(18-20)29-14-16-30(17-15-29)28(33)26-19-23-10-6-7-11-24(23)31(26)27(32)22-8-4-3-5-9-22/h3-13,18,26H,14-17,19H2,1-2H3. The van der Waals surface area contributed by atoms with E-state index in [-0.39, 0.29) is 11.8 Å². The number of rotatable bonds is 3. The van der Waals surface area contributed by atoms with Crippen LogP contribution < -0.4 is 9.80 Å². The van der Waals surface area contributed by atoms with Crippen molar-refractivity contribution in [2.24, 2.45) is 0 Å². The highest BCUT2D eigenvalue weighted by atomic mass is 16.2. The third kappa shape index (κ3) is 3.99. The molecule has 0 aromatic heterocycles. The van der Waals surface area contributed by atoms with Gasteiger partial charge in [0.2, 0.25) is 5.91 Å². The average molecular weight is 440 g/mol. The SMILES string of the molecule is Cc1ccc(C)c(N2CCN(C(=O)C3Cc4ccccc4N3C(=O)c3ccccc3)CC2)c1. The van der Waals surface area contributed by atoms with Gasteiger partial charge in [-0.15, -0.1) is 0 Å². The Bertz CT molecular complexity index is 1180. The molecule has 2 amide bonds. The predicted octanol–water partition coefficient (Wildman–Crippen LogP) is 4.22. The molecule has 1 unspecified atom stereocenters. The Labute approximate surface area is 195 Å². The number of carbonyl (C=O) groups excluding carboxylic acids is 2. The highest BCUT2D eigenvalue weighted by Gasteiger charge is 2.41. The highest BCUT2D eigenvalue weighted by Crippen LogP contribution is 2.34. The molecule has 0 bridgehead atoms. The molecule has 5 rings (SSSR count). The van der Waals surface area contributed by atoms with Crippen molar-refractivity contribution < 1.29 is 9.59 Å². The minimum absolute atomic E-state index is 0.0381. The monoisotopic (exact) mass is 439 g/mol. The topological polar surface area (TPSA) is 43.9 Å². The molecule has 2 heterocycles. The lowest BCUT2D eigenvalue weighted by Gasteiger charge is -2.39. The van der Waals surface area contributed by atoms with E-state index in [1.165, 1.54) is 16.8 Å². The largest absolute Gasteiger partial charge is 0.368 e. The van der Waals surface area contributed by atoms with Crippen LogP contribution in [-0.2, 0) is 11.2 Å². The number of carbonyl (C=O) groups is 2. The van der Waals surface area contributed by atoms with Gasteiger partial charge in [-0.25, -0.2) is 0 Å². The summed E-state index contributed by atoms with van der Waals surface area (Å²) < 4.78 is 0. The number of aryl methyl sites for hydroxylation is 2. The number of nitrogens with zero attached hydrogens (tertiary/aromatic N) is 3. The number of fused-ring (bicyclic) bond motifs is 1. The molecule has 1 saturated heterocycles. The second kappa shape index (κ2) is 8.74. The van der Waals surface area contributed by atoms with E-state index in [1.54, 1.807) is 4.90 Å². The van der Waals surface area contributed by atoms with Gasteiger partial charge >= 0.3 is 0 Å². The molecule has 0 spiro atoms. The summed E-state index contributed by atoms with van der Waals surface area (Å²) in [5, 5.41) is 0. The summed E-state index contributed by atoms with van der Waals surface area (Å²) in [5.41, 5.74) is 6.25. The van der Waals surface area contributed by atoms with Crippen molar-refractivity contribution in [1.82, 2.24) is 4.90 Å². The fraction of sp³-hybridized carbons (Fsp3) is 0.286. The molecular formula is C28H29N3O2. The first-order valence-electron chi connectivity index (χ1n) is 11.6. The number of hydrogen-bond donors (Lipinski definition) is 0. The summed E-state index contributed by atoms with van der Waals surface area (Å²) in [6.45, 7) is 7.15. The zero-order valence-corrected chi connectivity index (χ0v) is 19.2. The van der Waals surface area contributed by atoms with Crippen LogP contribution in [0.1, 0.15) is 27.0 Å². The van der Waals surface area contributed by atoms with Gasteiger partial charge in [-0.1, -0.05) is 48.5 Å². The Balaban J connectivity index is 1.35. The lowest BCUT2D eigenvalue weighted by Crippen LogP contribution is -2.55.